The zero-order valence-electron chi connectivity index (χ0n) is 10.0. The fourth-order valence-electron chi connectivity index (χ4n) is 1.14. The maximum atomic E-state index is 12.0. The van der Waals surface area contributed by atoms with Crippen LogP contribution < -0.4 is 11.1 Å². The first-order chi connectivity index (χ1) is 8.53. The number of nitrogens with zero attached hydrogens (tertiary/aromatic N) is 1. The lowest BCUT2D eigenvalue weighted by atomic mass is 10.1. The molecule has 1 atom stereocenters. The SMILES string of the molecule is CN(CC(F)(F)F)C(=O)N[C@H](CCC(N)=O)C(=O)O. The van der Waals surface area contributed by atoms with E-state index in [0.717, 1.165) is 7.05 Å². The van der Waals surface area contributed by atoms with E-state index < -0.39 is 36.7 Å². The highest BCUT2D eigenvalue weighted by atomic mass is 19.4. The molecule has 110 valence electrons. The number of urea groups is 1. The second kappa shape index (κ2) is 6.81. The average Bonchev–Trinajstić information content (AvgIpc) is 2.20. The van der Waals surface area contributed by atoms with Gasteiger partial charge in [0.2, 0.25) is 5.91 Å². The number of carboxylic acid groups (broad SMARTS) is 1. The number of halogens is 3. The van der Waals surface area contributed by atoms with Gasteiger partial charge in [0, 0.05) is 13.5 Å². The van der Waals surface area contributed by atoms with Gasteiger partial charge < -0.3 is 21.1 Å². The molecule has 0 aromatic heterocycles. The quantitative estimate of drug-likeness (QED) is 0.633. The van der Waals surface area contributed by atoms with Gasteiger partial charge in [-0.05, 0) is 6.42 Å². The van der Waals surface area contributed by atoms with Gasteiger partial charge in [0.05, 0.1) is 0 Å². The minimum absolute atomic E-state index is 0.292. The summed E-state index contributed by atoms with van der Waals surface area (Å²) < 4.78 is 36.1. The molecule has 0 heterocycles. The lowest BCUT2D eigenvalue weighted by Gasteiger charge is -2.22. The Morgan fingerprint density at radius 2 is 1.89 bits per heavy atom. The number of rotatable bonds is 6. The fraction of sp³-hybridized carbons (Fsp3) is 0.667. The summed E-state index contributed by atoms with van der Waals surface area (Å²) in [4.78, 5) is 32.8. The van der Waals surface area contributed by atoms with Gasteiger partial charge in [0.15, 0.2) is 0 Å². The molecule has 0 fully saturated rings. The van der Waals surface area contributed by atoms with E-state index in [-0.39, 0.29) is 12.8 Å². The van der Waals surface area contributed by atoms with Crippen molar-refractivity contribution in [1.29, 1.82) is 0 Å². The molecule has 0 radical (unpaired) electrons. The highest BCUT2D eigenvalue weighted by Crippen LogP contribution is 2.15. The number of amides is 3. The van der Waals surface area contributed by atoms with Crippen LogP contribution in [0.25, 0.3) is 0 Å². The fourth-order valence-corrected chi connectivity index (χ4v) is 1.14. The number of nitrogens with one attached hydrogen (secondary N) is 1. The van der Waals surface area contributed by atoms with Crippen LogP contribution >= 0.6 is 0 Å². The number of hydrogen-bond donors (Lipinski definition) is 3. The topological polar surface area (TPSA) is 113 Å². The molecule has 19 heavy (non-hydrogen) atoms. The van der Waals surface area contributed by atoms with Crippen LogP contribution in [-0.4, -0.2) is 53.7 Å². The summed E-state index contributed by atoms with van der Waals surface area (Å²) in [6.07, 6.45) is -5.19. The molecule has 3 amide bonds. The molecule has 0 aliphatic carbocycles. The summed E-state index contributed by atoms with van der Waals surface area (Å²) in [5, 5.41) is 10.6. The molecule has 0 bridgehead atoms. The second-order valence-corrected chi connectivity index (χ2v) is 3.82. The number of nitrogens with two attached hydrogens (primary N) is 1. The van der Waals surface area contributed by atoms with Gasteiger partial charge in [-0.3, -0.25) is 4.79 Å². The Bertz CT molecular complexity index is 359. The van der Waals surface area contributed by atoms with Crippen molar-refractivity contribution >= 4 is 17.9 Å². The van der Waals surface area contributed by atoms with Crippen LogP contribution in [0.1, 0.15) is 12.8 Å². The van der Waals surface area contributed by atoms with Crippen LogP contribution in [0.2, 0.25) is 0 Å². The maximum absolute atomic E-state index is 12.0. The Labute approximate surface area is 106 Å². The molecule has 4 N–H and O–H groups in total. The van der Waals surface area contributed by atoms with Gasteiger partial charge >= 0.3 is 18.2 Å². The van der Waals surface area contributed by atoms with Gasteiger partial charge in [0.1, 0.15) is 12.6 Å². The molecule has 7 nitrogen and oxygen atoms in total. The summed E-state index contributed by atoms with van der Waals surface area (Å²) in [7, 11) is 0.871. The standard InChI is InChI=1S/C9H14F3N3O4/c1-15(4-9(10,11)12)8(19)14-5(7(17)18)2-3-6(13)16/h5H,2-4H2,1H3,(H2,13,16)(H,14,19)(H,17,18)/t5-/m1/s1. The van der Waals surface area contributed by atoms with E-state index in [0.29, 0.717) is 4.90 Å². The van der Waals surface area contributed by atoms with Crippen LogP contribution in [0.4, 0.5) is 18.0 Å². The highest BCUT2D eigenvalue weighted by Gasteiger charge is 2.32. The molecule has 0 rings (SSSR count). The van der Waals surface area contributed by atoms with E-state index in [2.05, 4.69) is 0 Å². The number of carboxylic acids is 1. The summed E-state index contributed by atoms with van der Waals surface area (Å²) in [6, 6.07) is -2.68. The van der Waals surface area contributed by atoms with E-state index in [1.807, 2.05) is 5.32 Å². The van der Waals surface area contributed by atoms with Gasteiger partial charge in [-0.2, -0.15) is 13.2 Å². The normalized spacial score (nSPS) is 12.6. The van der Waals surface area contributed by atoms with Crippen molar-refractivity contribution < 1.29 is 32.7 Å². The first kappa shape index (κ1) is 17.0. The third-order valence-corrected chi connectivity index (χ3v) is 2.04. The van der Waals surface area contributed by atoms with E-state index in [1.165, 1.54) is 0 Å². The zero-order valence-corrected chi connectivity index (χ0v) is 10.0. The smallest absolute Gasteiger partial charge is 0.406 e. The lowest BCUT2D eigenvalue weighted by molar-refractivity contribution is -0.140. The van der Waals surface area contributed by atoms with Crippen LogP contribution in [0, 0.1) is 0 Å². The largest absolute Gasteiger partial charge is 0.480 e. The van der Waals surface area contributed by atoms with Gasteiger partial charge in [-0.25, -0.2) is 9.59 Å². The van der Waals surface area contributed by atoms with Gasteiger partial charge in [-0.1, -0.05) is 0 Å². The third-order valence-electron chi connectivity index (χ3n) is 2.04. The van der Waals surface area contributed by atoms with E-state index in [9.17, 15) is 27.6 Å². The Morgan fingerprint density at radius 3 is 2.26 bits per heavy atom. The van der Waals surface area contributed by atoms with E-state index in [1.54, 1.807) is 0 Å². The monoisotopic (exact) mass is 285 g/mol. The van der Waals surface area contributed by atoms with E-state index >= 15 is 0 Å². The molecular formula is C9H14F3N3O4. The molecule has 0 aliphatic heterocycles. The second-order valence-electron chi connectivity index (χ2n) is 3.82. The van der Waals surface area contributed by atoms with Crippen LogP contribution in [-0.2, 0) is 9.59 Å². The summed E-state index contributed by atoms with van der Waals surface area (Å²) >= 11 is 0. The minimum atomic E-state index is -4.59. The molecule has 0 aromatic rings. The molecule has 0 saturated carbocycles. The molecule has 0 unspecified atom stereocenters. The Kier molecular flexibility index (Phi) is 6.09. The Morgan fingerprint density at radius 1 is 1.37 bits per heavy atom. The number of carbonyl (C=O) groups excluding carboxylic acids is 2. The first-order valence-electron chi connectivity index (χ1n) is 5.12. The molecule has 0 aliphatic rings. The van der Waals surface area contributed by atoms with Crippen LogP contribution in [0.5, 0.6) is 0 Å². The van der Waals surface area contributed by atoms with Crippen LogP contribution in [0.3, 0.4) is 0 Å². The van der Waals surface area contributed by atoms with Crippen molar-refractivity contribution in [3.8, 4) is 0 Å². The van der Waals surface area contributed by atoms with Gasteiger partial charge in [0.25, 0.3) is 0 Å². The summed E-state index contributed by atoms with van der Waals surface area (Å²) in [5.74, 6) is -2.24. The number of primary amides is 1. The first-order valence-corrected chi connectivity index (χ1v) is 5.12. The minimum Gasteiger partial charge on any atom is -0.480 e. The average molecular weight is 285 g/mol. The Balaban J connectivity index is 4.46. The van der Waals surface area contributed by atoms with Crippen molar-refractivity contribution in [2.24, 2.45) is 5.73 Å². The Hall–Kier alpha value is -2.00. The van der Waals surface area contributed by atoms with E-state index in [4.69, 9.17) is 10.8 Å². The number of alkyl halides is 3. The number of aliphatic carboxylic acids is 1. The predicted molar refractivity (Wildman–Crippen MR) is 57.1 cm³/mol. The lowest BCUT2D eigenvalue weighted by Crippen LogP contribution is -2.49. The van der Waals surface area contributed by atoms with Crippen molar-refractivity contribution in [3.05, 3.63) is 0 Å². The predicted octanol–water partition coefficient (Wildman–Crippen LogP) is -0.0912. The van der Waals surface area contributed by atoms with Crippen molar-refractivity contribution in [2.45, 2.75) is 25.1 Å². The van der Waals surface area contributed by atoms with Crippen molar-refractivity contribution in [2.75, 3.05) is 13.6 Å². The van der Waals surface area contributed by atoms with Gasteiger partial charge in [-0.15, -0.1) is 0 Å². The molecular weight excluding hydrogens is 271 g/mol. The van der Waals surface area contributed by atoms with Crippen LogP contribution in [0.15, 0.2) is 0 Å². The maximum Gasteiger partial charge on any atom is 0.406 e. The zero-order chi connectivity index (χ0) is 15.2. The molecule has 10 heteroatoms. The molecule has 0 saturated heterocycles. The molecule has 0 spiro atoms. The third kappa shape index (κ3) is 7.84. The molecule has 0 aromatic carbocycles. The number of hydrogen-bond acceptors (Lipinski definition) is 3. The number of carbonyl (C=O) groups is 3. The highest BCUT2D eigenvalue weighted by molar-refractivity contribution is 5.83. The summed E-state index contributed by atoms with van der Waals surface area (Å²) in [6.45, 7) is -1.51. The van der Waals surface area contributed by atoms with Crippen molar-refractivity contribution in [3.63, 3.8) is 0 Å². The van der Waals surface area contributed by atoms with Crippen molar-refractivity contribution in [1.82, 2.24) is 10.2 Å². The summed E-state index contributed by atoms with van der Waals surface area (Å²) in [5.41, 5.74) is 4.81.